The van der Waals surface area contributed by atoms with Gasteiger partial charge in [0.05, 0.1) is 31.9 Å². The highest BCUT2D eigenvalue weighted by atomic mass is 16.5. The third-order valence-electron chi connectivity index (χ3n) is 5.55. The van der Waals surface area contributed by atoms with Crippen LogP contribution in [0.1, 0.15) is 17.8 Å². The predicted octanol–water partition coefficient (Wildman–Crippen LogP) is 5.83. The van der Waals surface area contributed by atoms with E-state index >= 15 is 0 Å². The van der Waals surface area contributed by atoms with Gasteiger partial charge in [0.25, 0.3) is 0 Å². The first-order chi connectivity index (χ1) is 16.7. The Balaban J connectivity index is 1.41. The summed E-state index contributed by atoms with van der Waals surface area (Å²) in [6, 6.07) is 21.7. The van der Waals surface area contributed by atoms with Crippen LogP contribution in [-0.2, 0) is 19.6 Å². The van der Waals surface area contributed by atoms with Gasteiger partial charge in [0.2, 0.25) is 0 Å². The first-order valence-corrected chi connectivity index (χ1v) is 11.3. The molecule has 4 rings (SSSR count). The number of rotatable bonds is 12. The number of para-hydroxylation sites is 2. The summed E-state index contributed by atoms with van der Waals surface area (Å²) in [4.78, 5) is 4.80. The molecule has 34 heavy (non-hydrogen) atoms. The Morgan fingerprint density at radius 3 is 2.44 bits per heavy atom. The molecule has 4 aromatic rings. The molecule has 0 aliphatic heterocycles. The summed E-state index contributed by atoms with van der Waals surface area (Å²) in [5, 5.41) is 0. The molecule has 0 aliphatic rings. The molecular weight excluding hydrogens is 428 g/mol. The van der Waals surface area contributed by atoms with Crippen molar-refractivity contribution in [3.63, 3.8) is 0 Å². The average molecular weight is 459 g/mol. The van der Waals surface area contributed by atoms with Gasteiger partial charge in [-0.3, -0.25) is 0 Å². The summed E-state index contributed by atoms with van der Waals surface area (Å²) < 4.78 is 25.0. The van der Waals surface area contributed by atoms with Gasteiger partial charge in [0, 0.05) is 6.54 Å². The second kappa shape index (κ2) is 11.3. The molecule has 3 aromatic carbocycles. The van der Waals surface area contributed by atoms with Crippen LogP contribution in [0, 0.1) is 0 Å². The summed E-state index contributed by atoms with van der Waals surface area (Å²) in [5.41, 5.74) is 3.18. The standard InChI is InChI=1S/C28H30N2O4/c1-4-8-21-11-16-26(27(19-21)32-3)33-18-7-17-30-25-10-6-5-9-24(25)29-28(30)20-34-23-14-12-22(31-2)13-15-23/h4-6,9-16,19H,1,7-8,17-18,20H2,2-3H3. The second-order valence-electron chi connectivity index (χ2n) is 7.81. The molecule has 0 bridgehead atoms. The van der Waals surface area contributed by atoms with Crippen molar-refractivity contribution in [3.8, 4) is 23.0 Å². The van der Waals surface area contributed by atoms with Crippen LogP contribution in [0.4, 0.5) is 0 Å². The first-order valence-electron chi connectivity index (χ1n) is 11.3. The highest BCUT2D eigenvalue weighted by Crippen LogP contribution is 2.28. The van der Waals surface area contributed by atoms with Crippen LogP contribution in [0.5, 0.6) is 23.0 Å². The van der Waals surface area contributed by atoms with E-state index in [1.165, 1.54) is 0 Å². The van der Waals surface area contributed by atoms with E-state index in [0.717, 1.165) is 64.8 Å². The lowest BCUT2D eigenvalue weighted by molar-refractivity contribution is 0.272. The van der Waals surface area contributed by atoms with Gasteiger partial charge in [-0.05, 0) is 66.9 Å². The maximum absolute atomic E-state index is 6.03. The minimum atomic E-state index is 0.375. The Labute approximate surface area is 200 Å². The fourth-order valence-corrected chi connectivity index (χ4v) is 3.83. The third-order valence-corrected chi connectivity index (χ3v) is 5.55. The van der Waals surface area contributed by atoms with E-state index < -0.39 is 0 Å². The second-order valence-corrected chi connectivity index (χ2v) is 7.81. The van der Waals surface area contributed by atoms with E-state index in [1.807, 2.05) is 66.7 Å². The number of aryl methyl sites for hydroxylation is 1. The van der Waals surface area contributed by atoms with E-state index in [2.05, 4.69) is 17.2 Å². The number of hydrogen-bond acceptors (Lipinski definition) is 5. The lowest BCUT2D eigenvalue weighted by atomic mass is 10.1. The molecular formula is C28H30N2O4. The van der Waals surface area contributed by atoms with Crippen molar-refractivity contribution >= 4 is 11.0 Å². The number of imidazole rings is 1. The summed E-state index contributed by atoms with van der Waals surface area (Å²) in [7, 11) is 3.31. The predicted molar refractivity (Wildman–Crippen MR) is 134 cm³/mol. The molecule has 6 heteroatoms. The molecule has 0 N–H and O–H groups in total. The normalized spacial score (nSPS) is 10.8. The zero-order valence-corrected chi connectivity index (χ0v) is 19.7. The van der Waals surface area contributed by atoms with Crippen molar-refractivity contribution in [2.24, 2.45) is 0 Å². The number of methoxy groups -OCH3 is 2. The van der Waals surface area contributed by atoms with Crippen molar-refractivity contribution in [2.75, 3.05) is 20.8 Å². The molecule has 1 aromatic heterocycles. The lowest BCUT2D eigenvalue weighted by Crippen LogP contribution is -2.10. The molecule has 176 valence electrons. The molecule has 0 saturated heterocycles. The average Bonchev–Trinajstić information content (AvgIpc) is 3.23. The van der Waals surface area contributed by atoms with Crippen molar-refractivity contribution < 1.29 is 18.9 Å². The number of ether oxygens (including phenoxy) is 4. The summed E-state index contributed by atoms with van der Waals surface area (Å²) >= 11 is 0. The van der Waals surface area contributed by atoms with Gasteiger partial charge in [-0.2, -0.15) is 0 Å². The van der Waals surface area contributed by atoms with Gasteiger partial charge < -0.3 is 23.5 Å². The molecule has 0 unspecified atom stereocenters. The van der Waals surface area contributed by atoms with E-state index in [0.29, 0.717) is 13.2 Å². The third kappa shape index (κ3) is 5.52. The highest BCUT2D eigenvalue weighted by Gasteiger charge is 2.12. The SMILES string of the molecule is C=CCc1ccc(OCCCn2c(COc3ccc(OC)cc3)nc3ccccc32)c(OC)c1. The minimum absolute atomic E-state index is 0.375. The molecule has 0 saturated carbocycles. The summed E-state index contributed by atoms with van der Waals surface area (Å²) in [6.45, 7) is 5.49. The number of nitrogens with zero attached hydrogens (tertiary/aromatic N) is 2. The topological polar surface area (TPSA) is 54.7 Å². The van der Waals surface area contributed by atoms with Crippen LogP contribution in [0.15, 0.2) is 79.4 Å². The monoisotopic (exact) mass is 458 g/mol. The molecule has 0 fully saturated rings. The summed E-state index contributed by atoms with van der Waals surface area (Å²) in [5.74, 6) is 3.93. The van der Waals surface area contributed by atoms with Crippen LogP contribution in [-0.4, -0.2) is 30.4 Å². The molecule has 0 amide bonds. The summed E-state index contributed by atoms with van der Waals surface area (Å²) in [6.07, 6.45) is 3.49. The van der Waals surface area contributed by atoms with E-state index in [9.17, 15) is 0 Å². The van der Waals surface area contributed by atoms with E-state index in [-0.39, 0.29) is 0 Å². The van der Waals surface area contributed by atoms with Crippen LogP contribution < -0.4 is 18.9 Å². The van der Waals surface area contributed by atoms with Crippen LogP contribution in [0.3, 0.4) is 0 Å². The van der Waals surface area contributed by atoms with Crippen molar-refractivity contribution in [1.29, 1.82) is 0 Å². The zero-order chi connectivity index (χ0) is 23.8. The number of benzene rings is 3. The van der Waals surface area contributed by atoms with Crippen LogP contribution in [0.2, 0.25) is 0 Å². The van der Waals surface area contributed by atoms with Gasteiger partial charge in [-0.25, -0.2) is 4.98 Å². The van der Waals surface area contributed by atoms with Crippen LogP contribution >= 0.6 is 0 Å². The Hall–Kier alpha value is -3.93. The molecule has 1 heterocycles. The molecule has 0 aliphatic carbocycles. The molecule has 0 radical (unpaired) electrons. The largest absolute Gasteiger partial charge is 0.497 e. The highest BCUT2D eigenvalue weighted by molar-refractivity contribution is 5.75. The fraction of sp³-hybridized carbons (Fsp3) is 0.250. The quantitative estimate of drug-likeness (QED) is 0.197. The Morgan fingerprint density at radius 2 is 1.68 bits per heavy atom. The van der Waals surface area contributed by atoms with Gasteiger partial charge >= 0.3 is 0 Å². The minimum Gasteiger partial charge on any atom is -0.497 e. The van der Waals surface area contributed by atoms with Gasteiger partial charge in [0.15, 0.2) is 11.5 Å². The van der Waals surface area contributed by atoms with Gasteiger partial charge in [-0.1, -0.05) is 24.3 Å². The first kappa shape index (κ1) is 23.2. The molecule has 0 atom stereocenters. The Bertz CT molecular complexity index is 1230. The lowest BCUT2D eigenvalue weighted by Gasteiger charge is -2.13. The maximum atomic E-state index is 6.03. The molecule has 6 nitrogen and oxygen atoms in total. The van der Waals surface area contributed by atoms with Crippen LogP contribution in [0.25, 0.3) is 11.0 Å². The Kier molecular flexibility index (Phi) is 7.71. The van der Waals surface area contributed by atoms with Crippen molar-refractivity contribution in [3.05, 3.63) is 90.8 Å². The van der Waals surface area contributed by atoms with E-state index in [1.54, 1.807) is 14.2 Å². The molecule has 0 spiro atoms. The fourth-order valence-electron chi connectivity index (χ4n) is 3.83. The number of aromatic nitrogens is 2. The smallest absolute Gasteiger partial charge is 0.161 e. The van der Waals surface area contributed by atoms with Crippen molar-refractivity contribution in [1.82, 2.24) is 9.55 Å². The van der Waals surface area contributed by atoms with Gasteiger partial charge in [-0.15, -0.1) is 6.58 Å². The number of fused-ring (bicyclic) bond motifs is 1. The zero-order valence-electron chi connectivity index (χ0n) is 19.7. The van der Waals surface area contributed by atoms with Crippen molar-refractivity contribution in [2.45, 2.75) is 26.0 Å². The number of allylic oxidation sites excluding steroid dienone is 1. The Morgan fingerprint density at radius 1 is 0.882 bits per heavy atom. The van der Waals surface area contributed by atoms with Gasteiger partial charge in [0.1, 0.15) is 23.9 Å². The number of hydrogen-bond donors (Lipinski definition) is 0. The maximum Gasteiger partial charge on any atom is 0.161 e. The van der Waals surface area contributed by atoms with E-state index in [4.69, 9.17) is 23.9 Å².